The molecule has 5 heteroatoms. The first kappa shape index (κ1) is 25.7. The monoisotopic (exact) mass is 424 g/mol. The normalized spacial score (nSPS) is 11.2. The molecule has 4 nitrogen and oxygen atoms in total. The molecule has 0 saturated carbocycles. The van der Waals surface area contributed by atoms with Crippen molar-refractivity contribution in [2.45, 2.75) is 116 Å². The van der Waals surface area contributed by atoms with Gasteiger partial charge < -0.3 is 10.2 Å². The molecule has 0 saturated heterocycles. The summed E-state index contributed by atoms with van der Waals surface area (Å²) in [5.41, 5.74) is 1.34. The molecule has 0 unspecified atom stereocenters. The van der Waals surface area contributed by atoms with Crippen molar-refractivity contribution in [3.8, 4) is 0 Å². The molecule has 0 aliphatic rings. The number of hydrogen-bond donors (Lipinski definition) is 2. The van der Waals surface area contributed by atoms with Crippen LogP contribution in [0.3, 0.4) is 0 Å². The fourth-order valence-corrected chi connectivity index (χ4v) is 4.98. The topological polar surface area (TPSA) is 74.6 Å². The number of rotatable bonds is 19. The van der Waals surface area contributed by atoms with Crippen LogP contribution in [0.2, 0.25) is 0 Å². The highest BCUT2D eigenvalue weighted by Gasteiger charge is 2.17. The van der Waals surface area contributed by atoms with Crippen molar-refractivity contribution >= 4 is 23.3 Å². The molecule has 1 aromatic heterocycles. The van der Waals surface area contributed by atoms with Crippen LogP contribution in [0, 0.1) is 0 Å². The van der Waals surface area contributed by atoms with Crippen LogP contribution in [0.5, 0.6) is 0 Å². The second-order valence-electron chi connectivity index (χ2n) is 8.15. The van der Waals surface area contributed by atoms with Crippen molar-refractivity contribution in [1.82, 2.24) is 0 Å². The third kappa shape index (κ3) is 12.7. The van der Waals surface area contributed by atoms with Gasteiger partial charge in [0.2, 0.25) is 0 Å². The molecular weight excluding hydrogens is 384 g/mol. The van der Waals surface area contributed by atoms with E-state index in [9.17, 15) is 9.59 Å². The summed E-state index contributed by atoms with van der Waals surface area (Å²) >= 11 is 1.80. The lowest BCUT2D eigenvalue weighted by Crippen LogP contribution is -2.05. The third-order valence-corrected chi connectivity index (χ3v) is 6.61. The van der Waals surface area contributed by atoms with Crippen LogP contribution in [0.25, 0.3) is 0 Å². The molecule has 1 rings (SSSR count). The average molecular weight is 425 g/mol. The Balaban J connectivity index is 2.42. The Morgan fingerprint density at radius 2 is 1.34 bits per heavy atom. The first-order valence-electron chi connectivity index (χ1n) is 11.5. The highest BCUT2D eigenvalue weighted by atomic mass is 32.1. The van der Waals surface area contributed by atoms with Gasteiger partial charge in [-0.3, -0.25) is 9.59 Å². The smallest absolute Gasteiger partial charge is 0.303 e. The number of unbranched alkanes of at least 4 members (excludes halogenated alkanes) is 8. The Kier molecular flexibility index (Phi) is 14.6. The van der Waals surface area contributed by atoms with Crippen molar-refractivity contribution < 1.29 is 19.8 Å². The summed E-state index contributed by atoms with van der Waals surface area (Å²) in [4.78, 5) is 23.1. The van der Waals surface area contributed by atoms with Crippen LogP contribution < -0.4 is 0 Å². The molecule has 1 heterocycles. The molecule has 166 valence electrons. The number of hydrogen-bond acceptors (Lipinski definition) is 3. The van der Waals surface area contributed by atoms with Crippen molar-refractivity contribution in [2.24, 2.45) is 0 Å². The molecule has 0 aliphatic heterocycles. The van der Waals surface area contributed by atoms with E-state index in [0.717, 1.165) is 19.3 Å². The van der Waals surface area contributed by atoms with Gasteiger partial charge in [0.15, 0.2) is 0 Å². The lowest BCUT2D eigenvalue weighted by molar-refractivity contribution is -0.138. The van der Waals surface area contributed by atoms with E-state index in [4.69, 9.17) is 10.2 Å². The summed E-state index contributed by atoms with van der Waals surface area (Å²) in [6, 6.07) is 2.18. The zero-order chi connectivity index (χ0) is 21.3. The highest BCUT2D eigenvalue weighted by molar-refractivity contribution is 7.10. The summed E-state index contributed by atoms with van der Waals surface area (Å²) in [6.07, 6.45) is 16.3. The maximum Gasteiger partial charge on any atom is 0.303 e. The fourth-order valence-electron chi connectivity index (χ4n) is 3.97. The maximum atomic E-state index is 10.9. The van der Waals surface area contributed by atoms with Gasteiger partial charge in [-0.15, -0.1) is 11.3 Å². The summed E-state index contributed by atoms with van der Waals surface area (Å²) in [7, 11) is 0. The van der Waals surface area contributed by atoms with Gasteiger partial charge in [0, 0.05) is 17.7 Å². The quantitative estimate of drug-likeness (QED) is 0.227. The lowest BCUT2D eigenvalue weighted by atomic mass is 9.88. The van der Waals surface area contributed by atoms with E-state index in [0.29, 0.717) is 12.8 Å². The van der Waals surface area contributed by atoms with Crippen LogP contribution in [0.1, 0.15) is 120 Å². The molecule has 0 spiro atoms. The molecular formula is C24H40O4S. The zero-order valence-corrected chi connectivity index (χ0v) is 19.0. The molecule has 0 aromatic carbocycles. The Hall–Kier alpha value is -1.36. The minimum Gasteiger partial charge on any atom is -0.481 e. The minimum atomic E-state index is -0.755. The molecule has 1 aromatic rings. The van der Waals surface area contributed by atoms with Crippen molar-refractivity contribution in [3.05, 3.63) is 21.9 Å². The largest absolute Gasteiger partial charge is 0.481 e. The third-order valence-electron chi connectivity index (χ3n) is 5.61. The Bertz CT molecular complexity index is 547. The predicted octanol–water partition coefficient (Wildman–Crippen LogP) is 7.41. The van der Waals surface area contributed by atoms with Crippen molar-refractivity contribution in [2.75, 3.05) is 0 Å². The standard InChI is InChI=1S/C24H40O4S/c1-2-3-4-5-6-7-8-9-10-15-22-21(18-19-29-22)20(13-11-16-23(25)26)14-12-17-24(27)28/h18-20H,2-17H2,1H3,(H,25,26)(H,27,28). The second-order valence-corrected chi connectivity index (χ2v) is 9.15. The number of carboxylic acid groups (broad SMARTS) is 2. The maximum absolute atomic E-state index is 10.9. The Morgan fingerprint density at radius 3 is 1.86 bits per heavy atom. The van der Waals surface area contributed by atoms with E-state index in [1.807, 2.05) is 0 Å². The van der Waals surface area contributed by atoms with Crippen molar-refractivity contribution in [1.29, 1.82) is 0 Å². The van der Waals surface area contributed by atoms with Gasteiger partial charge in [-0.25, -0.2) is 0 Å². The first-order chi connectivity index (χ1) is 14.0. The molecule has 2 N–H and O–H groups in total. The lowest BCUT2D eigenvalue weighted by Gasteiger charge is -2.17. The first-order valence-corrected chi connectivity index (χ1v) is 12.4. The molecule has 0 amide bonds. The van der Waals surface area contributed by atoms with Crippen LogP contribution >= 0.6 is 11.3 Å². The molecule has 29 heavy (non-hydrogen) atoms. The molecule has 0 aliphatic carbocycles. The van der Waals surface area contributed by atoms with Crippen LogP contribution in [-0.4, -0.2) is 22.2 Å². The van der Waals surface area contributed by atoms with Gasteiger partial charge in [-0.05, 0) is 61.5 Å². The number of thiophene rings is 1. The zero-order valence-electron chi connectivity index (χ0n) is 18.2. The van der Waals surface area contributed by atoms with Crippen LogP contribution in [0.4, 0.5) is 0 Å². The number of aliphatic carboxylic acids is 2. The van der Waals surface area contributed by atoms with E-state index in [1.54, 1.807) is 11.3 Å². The molecule has 0 atom stereocenters. The SMILES string of the molecule is CCCCCCCCCCCc1sccc1C(CCCC(=O)O)CCCC(=O)O. The van der Waals surface area contributed by atoms with Gasteiger partial charge in [-0.2, -0.15) is 0 Å². The summed E-state index contributed by atoms with van der Waals surface area (Å²) < 4.78 is 0. The van der Waals surface area contributed by atoms with E-state index < -0.39 is 11.9 Å². The van der Waals surface area contributed by atoms with Gasteiger partial charge >= 0.3 is 11.9 Å². The van der Waals surface area contributed by atoms with Crippen LogP contribution in [-0.2, 0) is 16.0 Å². The number of carboxylic acids is 2. The van der Waals surface area contributed by atoms with E-state index in [-0.39, 0.29) is 18.8 Å². The van der Waals surface area contributed by atoms with Crippen LogP contribution in [0.15, 0.2) is 11.4 Å². The van der Waals surface area contributed by atoms with Gasteiger partial charge in [0.1, 0.15) is 0 Å². The average Bonchev–Trinajstić information content (AvgIpc) is 3.13. The minimum absolute atomic E-state index is 0.188. The Labute approximate surface area is 180 Å². The van der Waals surface area contributed by atoms with E-state index in [1.165, 1.54) is 68.2 Å². The Morgan fingerprint density at radius 1 is 0.828 bits per heavy atom. The van der Waals surface area contributed by atoms with Gasteiger partial charge in [0.25, 0.3) is 0 Å². The van der Waals surface area contributed by atoms with E-state index in [2.05, 4.69) is 18.4 Å². The predicted molar refractivity (Wildman–Crippen MR) is 121 cm³/mol. The van der Waals surface area contributed by atoms with Gasteiger partial charge in [-0.1, -0.05) is 58.3 Å². The summed E-state index contributed by atoms with van der Waals surface area (Å²) in [5.74, 6) is -1.22. The molecule has 0 bridgehead atoms. The molecule has 0 fully saturated rings. The highest BCUT2D eigenvalue weighted by Crippen LogP contribution is 2.34. The van der Waals surface area contributed by atoms with Crippen molar-refractivity contribution in [3.63, 3.8) is 0 Å². The summed E-state index contributed by atoms with van der Waals surface area (Å²) in [6.45, 7) is 2.25. The fraction of sp³-hybridized carbons (Fsp3) is 0.750. The molecule has 0 radical (unpaired) electrons. The second kappa shape index (κ2) is 16.4. The summed E-state index contributed by atoms with van der Waals surface area (Å²) in [5, 5.41) is 20.0. The van der Waals surface area contributed by atoms with E-state index >= 15 is 0 Å². The van der Waals surface area contributed by atoms with Gasteiger partial charge in [0.05, 0.1) is 0 Å². The number of carbonyl (C=O) groups is 2. The number of aryl methyl sites for hydroxylation is 1.